The van der Waals surface area contributed by atoms with E-state index in [1.807, 2.05) is 38.4 Å². The number of hydrogen-bond acceptors (Lipinski definition) is 6. The summed E-state index contributed by atoms with van der Waals surface area (Å²) >= 11 is 0. The smallest absolute Gasteiger partial charge is 0.335 e. The number of benzene rings is 4. The first kappa shape index (κ1) is 27.7. The van der Waals surface area contributed by atoms with Gasteiger partial charge >= 0.3 is 11.9 Å². The van der Waals surface area contributed by atoms with E-state index in [1.54, 1.807) is 24.3 Å². The molecule has 0 N–H and O–H groups in total. The molecule has 0 aromatic heterocycles. The second-order valence-corrected chi connectivity index (χ2v) is 8.87. The highest BCUT2D eigenvalue weighted by Gasteiger charge is 2.07. The van der Waals surface area contributed by atoms with Gasteiger partial charge in [-0.2, -0.15) is 0 Å². The summed E-state index contributed by atoms with van der Waals surface area (Å²) in [5.41, 5.74) is 6.18. The number of carbonyl (C=O) groups excluding carboxylic acids is 2. The molecule has 4 rings (SSSR count). The van der Waals surface area contributed by atoms with Gasteiger partial charge in [-0.25, -0.2) is 9.59 Å². The number of ether oxygens (including phenoxy) is 2. The van der Waals surface area contributed by atoms with Gasteiger partial charge in [0, 0.05) is 49.0 Å². The van der Waals surface area contributed by atoms with E-state index in [0.717, 1.165) is 46.0 Å². The second-order valence-electron chi connectivity index (χ2n) is 8.87. The number of rotatable bonds is 10. The highest BCUT2D eigenvalue weighted by atomic mass is 16.5. The Balaban J connectivity index is 1.35. The Morgan fingerprint density at radius 1 is 0.525 bits per heavy atom. The first-order chi connectivity index (χ1) is 19.4. The van der Waals surface area contributed by atoms with Crippen molar-refractivity contribution >= 4 is 46.8 Å². The molecule has 0 bridgehead atoms. The average Bonchev–Trinajstić information content (AvgIpc) is 3.00. The first-order valence-electron chi connectivity index (χ1n) is 12.6. The monoisotopic (exact) mass is 530 g/mol. The van der Waals surface area contributed by atoms with Crippen molar-refractivity contribution in [1.82, 2.24) is 0 Å². The van der Waals surface area contributed by atoms with Crippen molar-refractivity contribution < 1.29 is 19.1 Å². The predicted molar refractivity (Wildman–Crippen MR) is 162 cm³/mol. The Labute approximate surface area is 234 Å². The molecular formula is C34H30N2O4. The molecule has 0 amide bonds. The zero-order chi connectivity index (χ0) is 28.5. The standard InChI is InChI=1S/C34H30N2O4/c1-5-33(37)39-31-21-17-29(18-22-31)35(3)27-13-9-25(10-14-27)7-8-26-11-15-28(16-12-26)36(4)30-19-23-32(24-20-30)40-34(38)6-2/h5-24H,1-2H2,3-4H3. The summed E-state index contributed by atoms with van der Waals surface area (Å²) in [5.74, 6) is -0.00943. The maximum atomic E-state index is 11.4. The molecule has 4 aromatic rings. The van der Waals surface area contributed by atoms with Crippen LogP contribution < -0.4 is 19.3 Å². The first-order valence-corrected chi connectivity index (χ1v) is 12.6. The fourth-order valence-corrected chi connectivity index (χ4v) is 3.90. The van der Waals surface area contributed by atoms with E-state index in [1.165, 1.54) is 0 Å². The van der Waals surface area contributed by atoms with Crippen molar-refractivity contribution in [2.24, 2.45) is 0 Å². The van der Waals surface area contributed by atoms with Crippen molar-refractivity contribution in [3.05, 3.63) is 133 Å². The maximum absolute atomic E-state index is 11.4. The summed E-state index contributed by atoms with van der Waals surface area (Å²) in [4.78, 5) is 26.8. The van der Waals surface area contributed by atoms with E-state index in [4.69, 9.17) is 9.47 Å². The summed E-state index contributed by atoms with van der Waals surface area (Å²) in [7, 11) is 3.97. The van der Waals surface area contributed by atoms with E-state index in [0.29, 0.717) is 11.5 Å². The molecular weight excluding hydrogens is 500 g/mol. The van der Waals surface area contributed by atoms with Gasteiger partial charge in [-0.15, -0.1) is 0 Å². The summed E-state index contributed by atoms with van der Waals surface area (Å²) in [6, 6.07) is 31.2. The zero-order valence-corrected chi connectivity index (χ0v) is 22.5. The molecule has 200 valence electrons. The molecule has 40 heavy (non-hydrogen) atoms. The fraction of sp³-hybridized carbons (Fsp3) is 0.0588. The van der Waals surface area contributed by atoms with Crippen molar-refractivity contribution in [1.29, 1.82) is 0 Å². The molecule has 0 unspecified atom stereocenters. The van der Waals surface area contributed by atoms with E-state index in [2.05, 4.69) is 83.6 Å². The number of hydrogen-bond donors (Lipinski definition) is 0. The third kappa shape index (κ3) is 7.14. The van der Waals surface area contributed by atoms with Crippen molar-refractivity contribution in [3.8, 4) is 11.5 Å². The Morgan fingerprint density at radius 3 is 1.07 bits per heavy atom. The van der Waals surface area contributed by atoms with Crippen molar-refractivity contribution in [3.63, 3.8) is 0 Å². The van der Waals surface area contributed by atoms with Gasteiger partial charge in [0.25, 0.3) is 0 Å². The number of nitrogens with zero attached hydrogens (tertiary/aromatic N) is 2. The zero-order valence-electron chi connectivity index (χ0n) is 22.5. The van der Waals surface area contributed by atoms with Crippen molar-refractivity contribution in [2.45, 2.75) is 0 Å². The highest BCUT2D eigenvalue weighted by Crippen LogP contribution is 2.28. The largest absolute Gasteiger partial charge is 0.423 e. The van der Waals surface area contributed by atoms with Crippen LogP contribution in [0.3, 0.4) is 0 Å². The van der Waals surface area contributed by atoms with Gasteiger partial charge in [0.15, 0.2) is 0 Å². The van der Waals surface area contributed by atoms with Gasteiger partial charge in [0.2, 0.25) is 0 Å². The van der Waals surface area contributed by atoms with E-state index in [-0.39, 0.29) is 0 Å². The Bertz CT molecular complexity index is 1390. The van der Waals surface area contributed by atoms with Gasteiger partial charge in [-0.05, 0) is 83.9 Å². The minimum absolute atomic E-state index is 0.476. The lowest BCUT2D eigenvalue weighted by Crippen LogP contribution is -2.09. The SMILES string of the molecule is C=CC(=O)Oc1ccc(N(C)c2ccc(C=Cc3ccc(N(C)c4ccc(OC(=O)C=C)cc4)cc3)cc2)cc1. The molecule has 6 nitrogen and oxygen atoms in total. The lowest BCUT2D eigenvalue weighted by Gasteiger charge is -2.20. The van der Waals surface area contributed by atoms with Crippen molar-refractivity contribution in [2.75, 3.05) is 23.9 Å². The normalized spacial score (nSPS) is 10.6. The maximum Gasteiger partial charge on any atom is 0.335 e. The predicted octanol–water partition coefficient (Wildman–Crippen LogP) is 7.58. The van der Waals surface area contributed by atoms with Crippen LogP contribution in [0.1, 0.15) is 11.1 Å². The number of esters is 2. The summed E-state index contributed by atoms with van der Waals surface area (Å²) < 4.78 is 10.3. The van der Waals surface area contributed by atoms with Crippen LogP contribution >= 0.6 is 0 Å². The molecule has 0 aliphatic carbocycles. The van der Waals surface area contributed by atoms with E-state index >= 15 is 0 Å². The third-order valence-electron chi connectivity index (χ3n) is 6.25. The van der Waals surface area contributed by atoms with Crippen LogP contribution in [0.4, 0.5) is 22.7 Å². The summed E-state index contributed by atoms with van der Waals surface area (Å²) in [5, 5.41) is 0. The Morgan fingerprint density at radius 2 is 0.800 bits per heavy atom. The van der Waals surface area contributed by atoms with Crippen LogP contribution in [-0.2, 0) is 9.59 Å². The minimum Gasteiger partial charge on any atom is -0.423 e. The highest BCUT2D eigenvalue weighted by molar-refractivity contribution is 5.84. The molecule has 0 atom stereocenters. The van der Waals surface area contributed by atoms with Crippen LogP contribution in [0.2, 0.25) is 0 Å². The molecule has 0 radical (unpaired) electrons. The summed E-state index contributed by atoms with van der Waals surface area (Å²) in [6.07, 6.45) is 6.43. The van der Waals surface area contributed by atoms with Crippen LogP contribution in [-0.4, -0.2) is 26.0 Å². The van der Waals surface area contributed by atoms with E-state index < -0.39 is 11.9 Å². The Hall–Kier alpha value is -5.36. The van der Waals surface area contributed by atoms with Gasteiger partial charge in [0.1, 0.15) is 11.5 Å². The Kier molecular flexibility index (Phi) is 8.95. The van der Waals surface area contributed by atoms with E-state index in [9.17, 15) is 9.59 Å². The molecule has 0 heterocycles. The second kappa shape index (κ2) is 12.9. The average molecular weight is 531 g/mol. The van der Waals surface area contributed by atoms with Crippen LogP contribution in [0, 0.1) is 0 Å². The van der Waals surface area contributed by atoms with Crippen LogP contribution in [0.25, 0.3) is 12.2 Å². The molecule has 0 spiro atoms. The molecule has 6 heteroatoms. The van der Waals surface area contributed by atoms with Crippen LogP contribution in [0.5, 0.6) is 11.5 Å². The van der Waals surface area contributed by atoms with Crippen LogP contribution in [0.15, 0.2) is 122 Å². The molecule has 0 fully saturated rings. The number of anilines is 4. The molecule has 0 aliphatic rings. The topological polar surface area (TPSA) is 59.1 Å². The molecule has 0 saturated carbocycles. The summed E-state index contributed by atoms with van der Waals surface area (Å²) in [6.45, 7) is 6.82. The molecule has 4 aromatic carbocycles. The minimum atomic E-state index is -0.481. The number of carbonyl (C=O) groups is 2. The van der Waals surface area contributed by atoms with Gasteiger partial charge in [-0.1, -0.05) is 49.6 Å². The lowest BCUT2D eigenvalue weighted by molar-refractivity contribution is -0.129. The quantitative estimate of drug-likeness (QED) is 0.0912. The lowest BCUT2D eigenvalue weighted by atomic mass is 10.1. The van der Waals surface area contributed by atoms with Gasteiger partial charge < -0.3 is 19.3 Å². The fourth-order valence-electron chi connectivity index (χ4n) is 3.90. The molecule has 0 saturated heterocycles. The molecule has 0 aliphatic heterocycles. The van der Waals surface area contributed by atoms with Gasteiger partial charge in [-0.3, -0.25) is 0 Å². The van der Waals surface area contributed by atoms with Gasteiger partial charge in [0.05, 0.1) is 0 Å². The third-order valence-corrected chi connectivity index (χ3v) is 6.25.